The minimum atomic E-state index is -0.182. The lowest BCUT2D eigenvalue weighted by Crippen LogP contribution is -2.13. The Morgan fingerprint density at radius 2 is 1.64 bits per heavy atom. The van der Waals surface area contributed by atoms with E-state index in [-0.39, 0.29) is 5.82 Å². The number of ether oxygens (including phenoxy) is 1. The molecule has 1 aromatic rings. The second-order valence-corrected chi connectivity index (χ2v) is 7.81. The highest BCUT2D eigenvalue weighted by Crippen LogP contribution is 2.38. The van der Waals surface area contributed by atoms with Gasteiger partial charge in [0.05, 0.1) is 6.61 Å². The molecule has 1 fully saturated rings. The van der Waals surface area contributed by atoms with Crippen LogP contribution < -0.4 is 4.74 Å². The summed E-state index contributed by atoms with van der Waals surface area (Å²) in [5, 5.41) is 0. The predicted molar refractivity (Wildman–Crippen MR) is 105 cm³/mol. The molecule has 0 atom stereocenters. The second-order valence-electron chi connectivity index (χ2n) is 7.81. The summed E-state index contributed by atoms with van der Waals surface area (Å²) in [7, 11) is 0. The standard InChI is InChI=1S/C23H37FO/c1-3-5-7-9-17-25-23-16-15-21(18-22(23)24)20-13-11-19(12-14-20)10-8-6-4-2/h15-16,18-20H,3-14,17H2,1-2H3/t19-,20-. The van der Waals surface area contributed by atoms with E-state index in [1.807, 2.05) is 6.07 Å². The maximum Gasteiger partial charge on any atom is 0.165 e. The topological polar surface area (TPSA) is 9.23 Å². The van der Waals surface area contributed by atoms with Crippen molar-refractivity contribution in [3.8, 4) is 5.75 Å². The van der Waals surface area contributed by atoms with Crippen LogP contribution in [0.5, 0.6) is 5.75 Å². The van der Waals surface area contributed by atoms with Crippen LogP contribution in [0.25, 0.3) is 0 Å². The van der Waals surface area contributed by atoms with E-state index >= 15 is 0 Å². The molecule has 142 valence electrons. The smallest absolute Gasteiger partial charge is 0.165 e. The van der Waals surface area contributed by atoms with E-state index in [1.54, 1.807) is 6.07 Å². The van der Waals surface area contributed by atoms with E-state index in [0.29, 0.717) is 18.3 Å². The van der Waals surface area contributed by atoms with E-state index in [9.17, 15) is 4.39 Å². The van der Waals surface area contributed by atoms with Crippen molar-refractivity contribution in [1.82, 2.24) is 0 Å². The van der Waals surface area contributed by atoms with Crippen LogP contribution in [0.2, 0.25) is 0 Å². The molecule has 1 saturated carbocycles. The molecule has 0 radical (unpaired) electrons. The number of benzene rings is 1. The lowest BCUT2D eigenvalue weighted by molar-refractivity contribution is 0.288. The molecule has 0 aromatic heterocycles. The van der Waals surface area contributed by atoms with Crippen LogP contribution in [0.3, 0.4) is 0 Å². The van der Waals surface area contributed by atoms with E-state index in [1.165, 1.54) is 69.8 Å². The molecule has 2 heteroatoms. The third-order valence-corrected chi connectivity index (χ3v) is 5.75. The van der Waals surface area contributed by atoms with Gasteiger partial charge in [0.2, 0.25) is 0 Å². The maximum absolute atomic E-state index is 14.3. The second kappa shape index (κ2) is 11.5. The maximum atomic E-state index is 14.3. The fourth-order valence-electron chi connectivity index (χ4n) is 4.07. The van der Waals surface area contributed by atoms with Crippen molar-refractivity contribution in [3.05, 3.63) is 29.6 Å². The van der Waals surface area contributed by atoms with Crippen molar-refractivity contribution in [2.45, 2.75) is 96.8 Å². The first-order chi connectivity index (χ1) is 12.2. The molecule has 0 unspecified atom stereocenters. The van der Waals surface area contributed by atoms with Crippen LogP contribution in [0.15, 0.2) is 18.2 Å². The van der Waals surface area contributed by atoms with Crippen LogP contribution >= 0.6 is 0 Å². The minimum Gasteiger partial charge on any atom is -0.491 e. The molecule has 0 N–H and O–H groups in total. The van der Waals surface area contributed by atoms with Gasteiger partial charge >= 0.3 is 0 Å². The van der Waals surface area contributed by atoms with Crippen LogP contribution in [-0.2, 0) is 0 Å². The first-order valence-corrected chi connectivity index (χ1v) is 10.7. The average Bonchev–Trinajstić information content (AvgIpc) is 2.63. The van der Waals surface area contributed by atoms with Gasteiger partial charge in [-0.1, -0.05) is 64.9 Å². The molecule has 0 spiro atoms. The first-order valence-electron chi connectivity index (χ1n) is 10.7. The van der Waals surface area contributed by atoms with E-state index in [4.69, 9.17) is 4.74 Å². The van der Waals surface area contributed by atoms with Gasteiger partial charge in [-0.05, 0) is 61.6 Å². The molecular weight excluding hydrogens is 311 g/mol. The number of hydrogen-bond donors (Lipinski definition) is 0. The first kappa shape index (κ1) is 20.3. The van der Waals surface area contributed by atoms with Crippen molar-refractivity contribution in [1.29, 1.82) is 0 Å². The Labute approximate surface area is 154 Å². The highest BCUT2D eigenvalue weighted by atomic mass is 19.1. The van der Waals surface area contributed by atoms with Crippen LogP contribution in [0.1, 0.15) is 102 Å². The Kier molecular flexibility index (Phi) is 9.36. The molecular formula is C23H37FO. The summed E-state index contributed by atoms with van der Waals surface area (Å²) in [5.41, 5.74) is 1.17. The normalized spacial score (nSPS) is 20.6. The zero-order valence-corrected chi connectivity index (χ0v) is 16.4. The molecule has 0 saturated heterocycles. The summed E-state index contributed by atoms with van der Waals surface area (Å²) >= 11 is 0. The Hall–Kier alpha value is -1.05. The highest BCUT2D eigenvalue weighted by molar-refractivity contribution is 5.31. The van der Waals surface area contributed by atoms with Crippen molar-refractivity contribution in [2.75, 3.05) is 6.61 Å². The lowest BCUT2D eigenvalue weighted by atomic mass is 9.77. The van der Waals surface area contributed by atoms with Crippen LogP contribution in [0.4, 0.5) is 4.39 Å². The van der Waals surface area contributed by atoms with Crippen LogP contribution in [0, 0.1) is 11.7 Å². The van der Waals surface area contributed by atoms with Gasteiger partial charge in [-0.3, -0.25) is 0 Å². The molecule has 0 bridgehead atoms. The number of halogens is 1. The van der Waals surface area contributed by atoms with Gasteiger partial charge in [0, 0.05) is 0 Å². The zero-order chi connectivity index (χ0) is 17.9. The van der Waals surface area contributed by atoms with Crippen LogP contribution in [-0.4, -0.2) is 6.61 Å². The lowest BCUT2D eigenvalue weighted by Gasteiger charge is -2.29. The average molecular weight is 349 g/mol. The molecule has 1 aromatic carbocycles. The quantitative estimate of drug-likeness (QED) is 0.373. The summed E-state index contributed by atoms with van der Waals surface area (Å²) in [6.45, 7) is 5.08. The van der Waals surface area contributed by atoms with E-state index in [2.05, 4.69) is 19.9 Å². The van der Waals surface area contributed by atoms with Gasteiger partial charge in [0.25, 0.3) is 0 Å². The summed E-state index contributed by atoms with van der Waals surface area (Å²) < 4.78 is 20.0. The third kappa shape index (κ3) is 6.99. The van der Waals surface area contributed by atoms with Crippen molar-refractivity contribution in [2.24, 2.45) is 5.92 Å². The zero-order valence-electron chi connectivity index (χ0n) is 16.4. The van der Waals surface area contributed by atoms with Gasteiger partial charge in [-0.15, -0.1) is 0 Å². The molecule has 0 aliphatic heterocycles. The molecule has 2 rings (SSSR count). The highest BCUT2D eigenvalue weighted by Gasteiger charge is 2.22. The van der Waals surface area contributed by atoms with Gasteiger partial charge in [0.15, 0.2) is 11.6 Å². The van der Waals surface area contributed by atoms with E-state index < -0.39 is 0 Å². The molecule has 1 nitrogen and oxygen atoms in total. The monoisotopic (exact) mass is 348 g/mol. The van der Waals surface area contributed by atoms with Crippen molar-refractivity contribution < 1.29 is 9.13 Å². The van der Waals surface area contributed by atoms with E-state index in [0.717, 1.165) is 18.8 Å². The molecule has 1 aliphatic carbocycles. The van der Waals surface area contributed by atoms with Crippen molar-refractivity contribution in [3.63, 3.8) is 0 Å². The Morgan fingerprint density at radius 1 is 0.920 bits per heavy atom. The Bertz CT molecular complexity index is 477. The predicted octanol–water partition coefficient (Wildman–Crippen LogP) is 7.64. The molecule has 25 heavy (non-hydrogen) atoms. The largest absolute Gasteiger partial charge is 0.491 e. The van der Waals surface area contributed by atoms with Gasteiger partial charge in [0.1, 0.15) is 0 Å². The fraction of sp³-hybridized carbons (Fsp3) is 0.739. The van der Waals surface area contributed by atoms with Gasteiger partial charge in [-0.25, -0.2) is 4.39 Å². The van der Waals surface area contributed by atoms with Gasteiger partial charge < -0.3 is 4.74 Å². The third-order valence-electron chi connectivity index (χ3n) is 5.75. The molecule has 0 amide bonds. The SMILES string of the molecule is CCCCCCOc1ccc([C@H]2CC[C@H](CCCCC)CC2)cc1F. The number of rotatable bonds is 11. The number of unbranched alkanes of at least 4 members (excludes halogenated alkanes) is 5. The Balaban J connectivity index is 1.76. The van der Waals surface area contributed by atoms with Gasteiger partial charge in [-0.2, -0.15) is 0 Å². The number of hydrogen-bond acceptors (Lipinski definition) is 1. The summed E-state index contributed by atoms with van der Waals surface area (Å²) in [6, 6.07) is 5.66. The fourth-order valence-corrected chi connectivity index (χ4v) is 4.07. The Morgan fingerprint density at radius 3 is 2.32 bits per heavy atom. The minimum absolute atomic E-state index is 0.182. The van der Waals surface area contributed by atoms with Crippen molar-refractivity contribution >= 4 is 0 Å². The molecule has 1 aliphatic rings. The summed E-state index contributed by atoms with van der Waals surface area (Å²) in [6.07, 6.45) is 15.1. The summed E-state index contributed by atoms with van der Waals surface area (Å²) in [5.74, 6) is 1.68. The summed E-state index contributed by atoms with van der Waals surface area (Å²) in [4.78, 5) is 0. The molecule has 0 heterocycles.